The molecule has 7 nitrogen and oxygen atoms in total. The van der Waals surface area contributed by atoms with E-state index in [1.807, 2.05) is 73.7 Å². The molecular weight excluding hydrogens is 402 g/mol. The molecule has 0 aliphatic rings. The minimum absolute atomic E-state index is 0.0464. The van der Waals surface area contributed by atoms with Crippen molar-refractivity contribution >= 4 is 23.2 Å². The monoisotopic (exact) mass is 425 g/mol. The van der Waals surface area contributed by atoms with E-state index in [1.165, 1.54) is 0 Å². The van der Waals surface area contributed by atoms with Gasteiger partial charge in [0.25, 0.3) is 0 Å². The highest BCUT2D eigenvalue weighted by molar-refractivity contribution is 5.95. The molecule has 0 saturated carbocycles. The van der Waals surface area contributed by atoms with Gasteiger partial charge in [0, 0.05) is 24.2 Å². The van der Waals surface area contributed by atoms with Crippen LogP contribution >= 0.6 is 0 Å². The summed E-state index contributed by atoms with van der Waals surface area (Å²) in [5.41, 5.74) is 5.02. The van der Waals surface area contributed by atoms with Crippen molar-refractivity contribution in [3.05, 3.63) is 96.4 Å². The number of pyridine rings is 1. The Morgan fingerprint density at radius 1 is 0.969 bits per heavy atom. The van der Waals surface area contributed by atoms with Gasteiger partial charge < -0.3 is 15.4 Å². The summed E-state index contributed by atoms with van der Waals surface area (Å²) in [5, 5.41) is 6.11. The third-order valence-corrected chi connectivity index (χ3v) is 4.65. The van der Waals surface area contributed by atoms with Crippen molar-refractivity contribution in [3.8, 4) is 11.3 Å². The van der Waals surface area contributed by atoms with Gasteiger partial charge >= 0.3 is 0 Å². The number of aryl methyl sites for hydroxylation is 1. The zero-order chi connectivity index (χ0) is 22.2. The number of hydrogen-bond donors (Lipinski definition) is 2. The molecule has 0 fully saturated rings. The lowest BCUT2D eigenvalue weighted by Gasteiger charge is -2.14. The molecule has 0 unspecified atom stereocenters. The van der Waals surface area contributed by atoms with Crippen LogP contribution in [0.1, 0.15) is 11.1 Å². The van der Waals surface area contributed by atoms with Crippen LogP contribution < -0.4 is 10.6 Å². The van der Waals surface area contributed by atoms with E-state index in [4.69, 9.17) is 4.74 Å². The van der Waals surface area contributed by atoms with Gasteiger partial charge in [-0.05, 0) is 48.4 Å². The highest BCUT2D eigenvalue weighted by Crippen LogP contribution is 2.26. The summed E-state index contributed by atoms with van der Waals surface area (Å²) in [7, 11) is 0. The molecule has 0 atom stereocenters. The average Bonchev–Trinajstić information content (AvgIpc) is 2.82. The molecule has 2 aromatic heterocycles. The quantitative estimate of drug-likeness (QED) is 0.424. The number of hydrogen-bond acceptors (Lipinski definition) is 6. The second kappa shape index (κ2) is 10.3. The van der Waals surface area contributed by atoms with Crippen molar-refractivity contribution in [2.45, 2.75) is 13.5 Å². The summed E-state index contributed by atoms with van der Waals surface area (Å²) in [6.07, 6.45) is 5.15. The Kier molecular flexibility index (Phi) is 6.79. The number of benzene rings is 2. The molecule has 1 amide bonds. The van der Waals surface area contributed by atoms with E-state index in [1.54, 1.807) is 18.6 Å². The summed E-state index contributed by atoms with van der Waals surface area (Å²) >= 11 is 0. The molecular formula is C25H23N5O2. The Balaban J connectivity index is 1.44. The number of aromatic nitrogens is 3. The molecule has 160 valence electrons. The molecule has 2 N–H and O–H groups in total. The fourth-order valence-electron chi connectivity index (χ4n) is 3.11. The van der Waals surface area contributed by atoms with E-state index < -0.39 is 0 Å². The third kappa shape index (κ3) is 5.74. The smallest absolute Gasteiger partial charge is 0.250 e. The van der Waals surface area contributed by atoms with Crippen molar-refractivity contribution in [3.63, 3.8) is 0 Å². The van der Waals surface area contributed by atoms with Crippen molar-refractivity contribution in [2.24, 2.45) is 0 Å². The first-order valence-corrected chi connectivity index (χ1v) is 10.2. The Hall–Kier alpha value is -4.10. The lowest BCUT2D eigenvalue weighted by atomic mass is 10.2. The van der Waals surface area contributed by atoms with Gasteiger partial charge in [0.05, 0.1) is 23.7 Å². The maximum absolute atomic E-state index is 12.4. The average molecular weight is 425 g/mol. The van der Waals surface area contributed by atoms with Crippen LogP contribution in [0, 0.1) is 6.92 Å². The van der Waals surface area contributed by atoms with E-state index in [0.717, 1.165) is 22.4 Å². The number of ether oxygens (including phenoxy) is 1. The topological polar surface area (TPSA) is 89.0 Å². The van der Waals surface area contributed by atoms with Gasteiger partial charge in [-0.3, -0.25) is 9.78 Å². The van der Waals surface area contributed by atoms with Crippen LogP contribution in [0.15, 0.2) is 85.3 Å². The second-order valence-electron chi connectivity index (χ2n) is 7.21. The molecule has 0 aliphatic carbocycles. The van der Waals surface area contributed by atoms with Crippen molar-refractivity contribution in [2.75, 3.05) is 17.2 Å². The number of amides is 1. The molecule has 32 heavy (non-hydrogen) atoms. The fraction of sp³-hybridized carbons (Fsp3) is 0.120. The van der Waals surface area contributed by atoms with Gasteiger partial charge in [0.15, 0.2) is 0 Å². The summed E-state index contributed by atoms with van der Waals surface area (Å²) in [5.74, 6) is 0.186. The van der Waals surface area contributed by atoms with Gasteiger partial charge in [0.2, 0.25) is 11.9 Å². The number of rotatable bonds is 8. The number of nitrogens with one attached hydrogen (secondary N) is 2. The molecule has 0 saturated heterocycles. The lowest BCUT2D eigenvalue weighted by molar-refractivity contribution is -0.121. The van der Waals surface area contributed by atoms with Crippen molar-refractivity contribution in [1.82, 2.24) is 15.0 Å². The summed E-state index contributed by atoms with van der Waals surface area (Å²) in [6.45, 7) is 2.31. The maximum atomic E-state index is 12.4. The van der Waals surface area contributed by atoms with E-state index >= 15 is 0 Å². The first-order valence-electron chi connectivity index (χ1n) is 10.2. The van der Waals surface area contributed by atoms with Crippen molar-refractivity contribution < 1.29 is 9.53 Å². The van der Waals surface area contributed by atoms with Gasteiger partial charge in [0.1, 0.15) is 6.61 Å². The summed E-state index contributed by atoms with van der Waals surface area (Å²) < 4.78 is 5.54. The zero-order valence-electron chi connectivity index (χ0n) is 17.7. The standard InChI is InChI=1S/C25H23N5O2/c1-18-9-10-22(28-24(31)17-32-16-19-6-3-2-4-7-19)23(14-18)30-25-27-13-11-21(29-25)20-8-5-12-26-15-20/h2-15H,16-17H2,1H3,(H,28,31)(H,27,29,30). The van der Waals surface area contributed by atoms with Crippen LogP contribution in [0.2, 0.25) is 0 Å². The largest absolute Gasteiger partial charge is 0.367 e. The number of carbonyl (C=O) groups is 1. The van der Waals surface area contributed by atoms with Gasteiger partial charge in [-0.1, -0.05) is 36.4 Å². The zero-order valence-corrected chi connectivity index (χ0v) is 17.7. The van der Waals surface area contributed by atoms with Gasteiger partial charge in [-0.25, -0.2) is 9.97 Å². The minimum atomic E-state index is -0.238. The van der Waals surface area contributed by atoms with E-state index in [2.05, 4.69) is 25.6 Å². The normalized spacial score (nSPS) is 10.5. The van der Waals surface area contributed by atoms with E-state index in [9.17, 15) is 4.79 Å². The van der Waals surface area contributed by atoms with Crippen LogP contribution in [-0.2, 0) is 16.1 Å². The third-order valence-electron chi connectivity index (χ3n) is 4.65. The molecule has 2 heterocycles. The van der Waals surface area contributed by atoms with Crippen molar-refractivity contribution in [1.29, 1.82) is 0 Å². The Bertz CT molecular complexity index is 1180. The number of anilines is 3. The van der Waals surface area contributed by atoms with E-state index in [0.29, 0.717) is 23.9 Å². The molecule has 0 bridgehead atoms. The second-order valence-corrected chi connectivity index (χ2v) is 7.21. The van der Waals surface area contributed by atoms with Crippen LogP contribution in [0.4, 0.5) is 17.3 Å². The first-order chi connectivity index (χ1) is 15.7. The highest BCUT2D eigenvalue weighted by atomic mass is 16.5. The lowest BCUT2D eigenvalue weighted by Crippen LogP contribution is -2.19. The molecule has 7 heteroatoms. The highest BCUT2D eigenvalue weighted by Gasteiger charge is 2.10. The summed E-state index contributed by atoms with van der Waals surface area (Å²) in [4.78, 5) is 25.5. The summed E-state index contributed by atoms with van der Waals surface area (Å²) in [6, 6.07) is 21.1. The molecule has 2 aromatic carbocycles. The van der Waals surface area contributed by atoms with Crippen LogP contribution in [0.3, 0.4) is 0 Å². The first kappa shape index (κ1) is 21.1. The molecule has 4 aromatic rings. The SMILES string of the molecule is Cc1ccc(NC(=O)COCc2ccccc2)c(Nc2nccc(-c3cccnc3)n2)c1. The minimum Gasteiger partial charge on any atom is -0.367 e. The molecule has 0 aliphatic heterocycles. The predicted octanol–water partition coefficient (Wildman–Crippen LogP) is 4.75. The molecule has 4 rings (SSSR count). The molecule has 0 radical (unpaired) electrons. The number of nitrogens with zero attached hydrogens (tertiary/aromatic N) is 3. The Morgan fingerprint density at radius 3 is 2.66 bits per heavy atom. The molecule has 0 spiro atoms. The number of carbonyl (C=O) groups excluding carboxylic acids is 1. The van der Waals surface area contributed by atoms with Gasteiger partial charge in [-0.2, -0.15) is 0 Å². The Labute approximate surface area is 186 Å². The van der Waals surface area contributed by atoms with Crippen LogP contribution in [-0.4, -0.2) is 27.5 Å². The van der Waals surface area contributed by atoms with Crippen LogP contribution in [0.25, 0.3) is 11.3 Å². The fourth-order valence-corrected chi connectivity index (χ4v) is 3.11. The maximum Gasteiger partial charge on any atom is 0.250 e. The predicted molar refractivity (Wildman–Crippen MR) is 124 cm³/mol. The van der Waals surface area contributed by atoms with E-state index in [-0.39, 0.29) is 12.5 Å². The Morgan fingerprint density at radius 2 is 1.84 bits per heavy atom. The van der Waals surface area contributed by atoms with Crippen LogP contribution in [0.5, 0.6) is 0 Å². The van der Waals surface area contributed by atoms with Gasteiger partial charge in [-0.15, -0.1) is 0 Å².